The van der Waals surface area contributed by atoms with Crippen molar-refractivity contribution in [2.45, 2.75) is 12.6 Å². The lowest BCUT2D eigenvalue weighted by Gasteiger charge is -2.35. The van der Waals surface area contributed by atoms with Crippen molar-refractivity contribution >= 4 is 10.8 Å². The highest BCUT2D eigenvalue weighted by atomic mass is 16.3. The van der Waals surface area contributed by atoms with Gasteiger partial charge in [-0.25, -0.2) is 0 Å². The highest BCUT2D eigenvalue weighted by molar-refractivity contribution is 5.84. The smallest absolute Gasteiger partial charge is 0.0599 e. The van der Waals surface area contributed by atoms with Gasteiger partial charge in [0, 0.05) is 50.0 Å². The summed E-state index contributed by atoms with van der Waals surface area (Å²) in [6.45, 7) is 3.92. The Kier molecular flexibility index (Phi) is 3.73. The van der Waals surface area contributed by atoms with Gasteiger partial charge in [0.25, 0.3) is 0 Å². The zero-order chi connectivity index (χ0) is 13.1. The molecule has 0 aliphatic carbocycles. The van der Waals surface area contributed by atoms with Gasteiger partial charge in [0.1, 0.15) is 0 Å². The summed E-state index contributed by atoms with van der Waals surface area (Å²) in [4.78, 5) is 6.52. The molecule has 19 heavy (non-hydrogen) atoms. The van der Waals surface area contributed by atoms with Crippen LogP contribution >= 0.6 is 0 Å². The van der Waals surface area contributed by atoms with Crippen molar-refractivity contribution in [1.29, 1.82) is 0 Å². The Hall–Kier alpha value is -1.49. The third-order valence-electron chi connectivity index (χ3n) is 3.83. The molecule has 1 aliphatic rings. The van der Waals surface area contributed by atoms with Crippen molar-refractivity contribution in [3.05, 3.63) is 42.2 Å². The van der Waals surface area contributed by atoms with Crippen LogP contribution < -0.4 is 5.32 Å². The van der Waals surface area contributed by atoms with Gasteiger partial charge in [0.2, 0.25) is 0 Å². The van der Waals surface area contributed by atoms with Gasteiger partial charge in [-0.2, -0.15) is 0 Å². The number of nitrogens with one attached hydrogen (secondary N) is 1. The summed E-state index contributed by atoms with van der Waals surface area (Å²) in [7, 11) is 0. The first kappa shape index (κ1) is 12.5. The molecule has 100 valence electrons. The lowest BCUT2D eigenvalue weighted by molar-refractivity contribution is 0.0949. The van der Waals surface area contributed by atoms with Crippen molar-refractivity contribution < 1.29 is 5.11 Å². The molecule has 1 saturated heterocycles. The predicted octanol–water partition coefficient (Wildman–Crippen LogP) is 1.00. The average molecular weight is 257 g/mol. The van der Waals surface area contributed by atoms with Crippen LogP contribution in [0.15, 0.2) is 36.7 Å². The Bertz CT molecular complexity index is 553. The van der Waals surface area contributed by atoms with Crippen molar-refractivity contribution in [2.75, 3.05) is 26.2 Å². The second-order valence-electron chi connectivity index (χ2n) is 5.02. The molecule has 0 saturated carbocycles. The summed E-state index contributed by atoms with van der Waals surface area (Å²) >= 11 is 0. The summed E-state index contributed by atoms with van der Waals surface area (Å²) in [5.41, 5.74) is 1.31. The Morgan fingerprint density at radius 2 is 2.32 bits per heavy atom. The molecule has 4 nitrogen and oxygen atoms in total. The summed E-state index contributed by atoms with van der Waals surface area (Å²) in [5.74, 6) is 0. The summed E-state index contributed by atoms with van der Waals surface area (Å²) in [5, 5.41) is 15.2. The molecule has 1 unspecified atom stereocenters. The molecule has 0 amide bonds. The van der Waals surface area contributed by atoms with Gasteiger partial charge in [-0.15, -0.1) is 0 Å². The molecular weight excluding hydrogens is 238 g/mol. The lowest BCUT2D eigenvalue weighted by Crippen LogP contribution is -2.52. The molecule has 1 atom stereocenters. The van der Waals surface area contributed by atoms with E-state index in [1.165, 1.54) is 16.3 Å². The molecule has 1 aromatic carbocycles. The third kappa shape index (κ3) is 2.61. The number of hydrogen-bond acceptors (Lipinski definition) is 4. The number of aliphatic hydroxyl groups excluding tert-OH is 1. The fraction of sp³-hybridized carbons (Fsp3) is 0.400. The van der Waals surface area contributed by atoms with Crippen LogP contribution in [-0.4, -0.2) is 47.3 Å². The Morgan fingerprint density at radius 3 is 3.21 bits per heavy atom. The molecule has 3 rings (SSSR count). The number of aromatic nitrogens is 1. The summed E-state index contributed by atoms with van der Waals surface area (Å²) < 4.78 is 0. The molecule has 0 bridgehead atoms. The molecule has 2 aromatic rings. The zero-order valence-corrected chi connectivity index (χ0v) is 10.9. The fourth-order valence-electron chi connectivity index (χ4n) is 2.74. The maximum atomic E-state index is 9.46. The van der Waals surface area contributed by atoms with E-state index in [9.17, 15) is 5.11 Å². The van der Waals surface area contributed by atoms with E-state index < -0.39 is 0 Å². The van der Waals surface area contributed by atoms with E-state index in [2.05, 4.69) is 39.5 Å². The van der Waals surface area contributed by atoms with Crippen molar-refractivity contribution in [3.8, 4) is 0 Å². The highest BCUT2D eigenvalue weighted by Crippen LogP contribution is 2.20. The van der Waals surface area contributed by atoms with Gasteiger partial charge < -0.3 is 10.4 Å². The molecule has 2 N–H and O–H groups in total. The average Bonchev–Trinajstić information content (AvgIpc) is 2.48. The van der Waals surface area contributed by atoms with E-state index in [0.717, 1.165) is 26.2 Å². The molecule has 1 aliphatic heterocycles. The van der Waals surface area contributed by atoms with Crippen LogP contribution in [0.1, 0.15) is 5.56 Å². The van der Waals surface area contributed by atoms with Gasteiger partial charge >= 0.3 is 0 Å². The van der Waals surface area contributed by atoms with Crippen LogP contribution in [0, 0.1) is 0 Å². The van der Waals surface area contributed by atoms with Crippen molar-refractivity contribution in [2.24, 2.45) is 0 Å². The number of hydrogen-bond donors (Lipinski definition) is 2. The number of nitrogens with zero attached hydrogens (tertiary/aromatic N) is 2. The van der Waals surface area contributed by atoms with Crippen LogP contribution in [0.25, 0.3) is 10.8 Å². The minimum Gasteiger partial charge on any atom is -0.395 e. The maximum absolute atomic E-state index is 9.46. The first-order chi connectivity index (χ1) is 9.38. The van der Waals surface area contributed by atoms with Crippen LogP contribution in [-0.2, 0) is 6.54 Å². The third-order valence-corrected chi connectivity index (χ3v) is 3.83. The lowest BCUT2D eigenvalue weighted by atomic mass is 10.0. The minimum atomic E-state index is 0.208. The number of benzene rings is 1. The molecular formula is C15H19N3O. The first-order valence-electron chi connectivity index (χ1n) is 6.76. The van der Waals surface area contributed by atoms with Gasteiger partial charge in [-0.1, -0.05) is 18.2 Å². The molecule has 0 radical (unpaired) electrons. The number of aliphatic hydroxyl groups is 1. The van der Waals surface area contributed by atoms with Crippen LogP contribution in [0.4, 0.5) is 0 Å². The van der Waals surface area contributed by atoms with Gasteiger partial charge in [-0.05, 0) is 17.0 Å². The Balaban J connectivity index is 1.88. The van der Waals surface area contributed by atoms with Crippen LogP contribution in [0.5, 0.6) is 0 Å². The molecule has 4 heteroatoms. The quantitative estimate of drug-likeness (QED) is 0.861. The fourth-order valence-corrected chi connectivity index (χ4v) is 2.74. The Morgan fingerprint density at radius 1 is 1.37 bits per heavy atom. The second-order valence-corrected chi connectivity index (χ2v) is 5.02. The van der Waals surface area contributed by atoms with Crippen molar-refractivity contribution in [3.63, 3.8) is 0 Å². The van der Waals surface area contributed by atoms with E-state index >= 15 is 0 Å². The SMILES string of the molecule is OCC1CNCCN1Cc1cccc2cnccc12. The maximum Gasteiger partial charge on any atom is 0.0599 e. The highest BCUT2D eigenvalue weighted by Gasteiger charge is 2.21. The molecule has 2 heterocycles. The molecule has 1 aromatic heterocycles. The second kappa shape index (κ2) is 5.65. The topological polar surface area (TPSA) is 48.4 Å². The van der Waals surface area contributed by atoms with E-state index in [4.69, 9.17) is 0 Å². The monoisotopic (exact) mass is 257 g/mol. The predicted molar refractivity (Wildman–Crippen MR) is 75.9 cm³/mol. The number of pyridine rings is 1. The number of rotatable bonds is 3. The van der Waals surface area contributed by atoms with E-state index in [1.54, 1.807) is 0 Å². The van der Waals surface area contributed by atoms with Gasteiger partial charge in [0.05, 0.1) is 6.61 Å². The van der Waals surface area contributed by atoms with Crippen LogP contribution in [0.3, 0.4) is 0 Å². The van der Waals surface area contributed by atoms with Gasteiger partial charge in [0.15, 0.2) is 0 Å². The number of fused-ring (bicyclic) bond motifs is 1. The largest absolute Gasteiger partial charge is 0.395 e. The summed E-state index contributed by atoms with van der Waals surface area (Å²) in [6, 6.07) is 8.62. The number of piperazine rings is 1. The standard InChI is InChI=1S/C15H19N3O/c19-11-14-9-17-6-7-18(14)10-13-3-1-2-12-8-16-5-4-15(12)13/h1-5,8,14,17,19H,6-7,9-11H2. The van der Waals surface area contributed by atoms with Crippen LogP contribution in [0.2, 0.25) is 0 Å². The first-order valence-corrected chi connectivity index (χ1v) is 6.76. The summed E-state index contributed by atoms with van der Waals surface area (Å²) in [6.07, 6.45) is 3.74. The van der Waals surface area contributed by atoms with Crippen molar-refractivity contribution in [1.82, 2.24) is 15.2 Å². The minimum absolute atomic E-state index is 0.208. The van der Waals surface area contributed by atoms with Gasteiger partial charge in [-0.3, -0.25) is 9.88 Å². The van der Waals surface area contributed by atoms with E-state index in [1.807, 2.05) is 12.4 Å². The van der Waals surface area contributed by atoms with E-state index in [0.29, 0.717) is 0 Å². The molecule has 1 fully saturated rings. The van der Waals surface area contributed by atoms with E-state index in [-0.39, 0.29) is 12.6 Å². The zero-order valence-electron chi connectivity index (χ0n) is 10.9. The Labute approximate surface area is 113 Å². The molecule has 0 spiro atoms. The normalized spacial score (nSPS) is 20.8.